The molecule has 0 aliphatic carbocycles. The standard InChI is InChI=1S/C18H16FN3OS3/c1-2-12-3-7-14(8-4-12)20-16(23)11-25-17-21-22(18(24)26-17)15-9-5-13(19)6-10-15/h3-10H,2,11H2,1H3,(H,20,23). The number of aryl methyl sites for hydroxylation is 1. The molecule has 0 unspecified atom stereocenters. The van der Waals surface area contributed by atoms with E-state index < -0.39 is 0 Å². The fourth-order valence-corrected chi connectivity index (χ4v) is 4.37. The molecule has 0 atom stereocenters. The highest BCUT2D eigenvalue weighted by Crippen LogP contribution is 2.24. The summed E-state index contributed by atoms with van der Waals surface area (Å²) in [7, 11) is 0. The monoisotopic (exact) mass is 405 g/mol. The molecule has 134 valence electrons. The number of nitrogens with one attached hydrogen (secondary N) is 1. The van der Waals surface area contributed by atoms with E-state index in [1.807, 2.05) is 24.3 Å². The summed E-state index contributed by atoms with van der Waals surface area (Å²) in [4.78, 5) is 12.1. The molecule has 3 aromatic rings. The highest BCUT2D eigenvalue weighted by atomic mass is 32.2. The molecule has 3 rings (SSSR count). The van der Waals surface area contributed by atoms with Gasteiger partial charge in [-0.2, -0.15) is 0 Å². The van der Waals surface area contributed by atoms with Crippen LogP contribution in [0.3, 0.4) is 0 Å². The summed E-state index contributed by atoms with van der Waals surface area (Å²) in [5.74, 6) is -0.177. The van der Waals surface area contributed by atoms with Crippen LogP contribution in [0.4, 0.5) is 10.1 Å². The Morgan fingerprint density at radius 1 is 1.23 bits per heavy atom. The van der Waals surface area contributed by atoms with Crippen LogP contribution in [-0.2, 0) is 11.2 Å². The Balaban J connectivity index is 1.60. The van der Waals surface area contributed by atoms with Crippen molar-refractivity contribution in [1.82, 2.24) is 9.78 Å². The molecule has 0 saturated carbocycles. The van der Waals surface area contributed by atoms with Gasteiger partial charge < -0.3 is 5.32 Å². The Labute approximate surface area is 164 Å². The topological polar surface area (TPSA) is 46.9 Å². The van der Waals surface area contributed by atoms with Crippen molar-refractivity contribution in [3.8, 4) is 5.69 Å². The molecular weight excluding hydrogens is 389 g/mol. The normalized spacial score (nSPS) is 10.7. The summed E-state index contributed by atoms with van der Waals surface area (Å²) >= 11 is 7.95. The van der Waals surface area contributed by atoms with Gasteiger partial charge in [0, 0.05) is 5.69 Å². The van der Waals surface area contributed by atoms with E-state index in [1.165, 1.54) is 40.8 Å². The van der Waals surface area contributed by atoms with Gasteiger partial charge in [0.25, 0.3) is 0 Å². The van der Waals surface area contributed by atoms with E-state index in [1.54, 1.807) is 16.8 Å². The van der Waals surface area contributed by atoms with Crippen molar-refractivity contribution in [2.45, 2.75) is 17.7 Å². The van der Waals surface area contributed by atoms with Gasteiger partial charge in [0.1, 0.15) is 5.82 Å². The van der Waals surface area contributed by atoms with Crippen LogP contribution >= 0.6 is 35.3 Å². The smallest absolute Gasteiger partial charge is 0.234 e. The number of carbonyl (C=O) groups excluding carboxylic acids is 1. The number of hydrogen-bond acceptors (Lipinski definition) is 5. The first-order chi connectivity index (χ1) is 12.5. The van der Waals surface area contributed by atoms with Crippen molar-refractivity contribution in [3.63, 3.8) is 0 Å². The predicted octanol–water partition coefficient (Wildman–Crippen LogP) is 5.10. The molecule has 0 aliphatic heterocycles. The average molecular weight is 406 g/mol. The number of benzene rings is 2. The zero-order valence-electron chi connectivity index (χ0n) is 13.9. The van der Waals surface area contributed by atoms with Crippen LogP contribution in [-0.4, -0.2) is 21.4 Å². The van der Waals surface area contributed by atoms with Crippen LogP contribution in [0.25, 0.3) is 5.69 Å². The Bertz CT molecular complexity index is 949. The van der Waals surface area contributed by atoms with E-state index in [9.17, 15) is 9.18 Å². The number of aromatic nitrogens is 2. The van der Waals surface area contributed by atoms with E-state index in [-0.39, 0.29) is 17.5 Å². The van der Waals surface area contributed by atoms with Crippen molar-refractivity contribution in [3.05, 3.63) is 63.9 Å². The van der Waals surface area contributed by atoms with Crippen molar-refractivity contribution < 1.29 is 9.18 Å². The third kappa shape index (κ3) is 4.78. The maximum absolute atomic E-state index is 13.0. The first kappa shape index (κ1) is 18.8. The van der Waals surface area contributed by atoms with Crippen LogP contribution in [0, 0.1) is 9.77 Å². The largest absolute Gasteiger partial charge is 0.325 e. The van der Waals surface area contributed by atoms with E-state index in [4.69, 9.17) is 12.2 Å². The minimum atomic E-state index is -0.311. The van der Waals surface area contributed by atoms with Gasteiger partial charge in [-0.05, 0) is 60.6 Å². The van der Waals surface area contributed by atoms with Gasteiger partial charge in [0.2, 0.25) is 5.91 Å². The van der Waals surface area contributed by atoms with Gasteiger partial charge in [-0.1, -0.05) is 42.2 Å². The number of anilines is 1. The number of nitrogens with zero attached hydrogens (tertiary/aromatic N) is 2. The molecule has 0 bridgehead atoms. The Hall–Kier alpha value is -2.03. The third-order valence-electron chi connectivity index (χ3n) is 3.57. The molecule has 1 heterocycles. The van der Waals surface area contributed by atoms with Gasteiger partial charge in [-0.25, -0.2) is 9.07 Å². The number of hydrogen-bond donors (Lipinski definition) is 1. The second kappa shape index (κ2) is 8.57. The molecule has 1 amide bonds. The highest BCUT2D eigenvalue weighted by Gasteiger charge is 2.10. The van der Waals surface area contributed by atoms with Gasteiger partial charge in [0.05, 0.1) is 11.4 Å². The number of rotatable bonds is 6. The third-order valence-corrected chi connectivity index (χ3v) is 5.94. The Kier molecular flexibility index (Phi) is 6.18. The molecule has 0 radical (unpaired) electrons. The molecule has 0 saturated heterocycles. The lowest BCUT2D eigenvalue weighted by atomic mass is 10.1. The average Bonchev–Trinajstić information content (AvgIpc) is 3.02. The number of amides is 1. The molecule has 4 nitrogen and oxygen atoms in total. The van der Waals surface area contributed by atoms with Crippen LogP contribution in [0.15, 0.2) is 52.9 Å². The first-order valence-corrected chi connectivity index (χ1v) is 10.1. The molecule has 2 aromatic carbocycles. The summed E-state index contributed by atoms with van der Waals surface area (Å²) in [5, 5.41) is 7.27. The zero-order chi connectivity index (χ0) is 18.5. The molecule has 26 heavy (non-hydrogen) atoms. The van der Waals surface area contributed by atoms with Crippen molar-refractivity contribution in [1.29, 1.82) is 0 Å². The van der Waals surface area contributed by atoms with E-state index in [0.29, 0.717) is 14.0 Å². The zero-order valence-corrected chi connectivity index (χ0v) is 16.4. The molecule has 8 heteroatoms. The molecule has 0 spiro atoms. The van der Waals surface area contributed by atoms with Crippen LogP contribution in [0.1, 0.15) is 12.5 Å². The maximum atomic E-state index is 13.0. The minimum Gasteiger partial charge on any atom is -0.325 e. The Morgan fingerprint density at radius 3 is 2.58 bits per heavy atom. The minimum absolute atomic E-state index is 0.103. The highest BCUT2D eigenvalue weighted by molar-refractivity contribution is 8.01. The van der Waals surface area contributed by atoms with Crippen molar-refractivity contribution in [2.75, 3.05) is 11.1 Å². The number of halogens is 1. The Morgan fingerprint density at radius 2 is 1.92 bits per heavy atom. The maximum Gasteiger partial charge on any atom is 0.234 e. The summed E-state index contributed by atoms with van der Waals surface area (Å²) < 4.78 is 15.9. The van der Waals surface area contributed by atoms with Gasteiger partial charge in [0.15, 0.2) is 8.29 Å². The van der Waals surface area contributed by atoms with Crippen molar-refractivity contribution >= 4 is 46.9 Å². The second-order valence-electron chi connectivity index (χ2n) is 5.41. The predicted molar refractivity (Wildman–Crippen MR) is 107 cm³/mol. The summed E-state index contributed by atoms with van der Waals surface area (Å²) in [5.41, 5.74) is 2.70. The summed E-state index contributed by atoms with van der Waals surface area (Å²) in [6, 6.07) is 13.7. The lowest BCUT2D eigenvalue weighted by Crippen LogP contribution is -2.13. The summed E-state index contributed by atoms with van der Waals surface area (Å²) in [6.45, 7) is 2.09. The van der Waals surface area contributed by atoms with Gasteiger partial charge in [-0.3, -0.25) is 4.79 Å². The van der Waals surface area contributed by atoms with Crippen molar-refractivity contribution in [2.24, 2.45) is 0 Å². The lowest BCUT2D eigenvalue weighted by Gasteiger charge is -2.05. The van der Waals surface area contributed by atoms with Crippen LogP contribution in [0.5, 0.6) is 0 Å². The lowest BCUT2D eigenvalue weighted by molar-refractivity contribution is -0.113. The molecule has 1 N–H and O–H groups in total. The quantitative estimate of drug-likeness (QED) is 0.458. The van der Waals surface area contributed by atoms with Crippen LogP contribution in [0.2, 0.25) is 0 Å². The molecule has 0 fully saturated rings. The number of thioether (sulfide) groups is 1. The van der Waals surface area contributed by atoms with E-state index >= 15 is 0 Å². The second-order valence-corrected chi connectivity index (χ2v) is 8.25. The molecule has 1 aromatic heterocycles. The van der Waals surface area contributed by atoms with E-state index in [2.05, 4.69) is 17.3 Å². The van der Waals surface area contributed by atoms with Crippen LogP contribution < -0.4 is 5.32 Å². The fraction of sp³-hybridized carbons (Fsp3) is 0.167. The summed E-state index contributed by atoms with van der Waals surface area (Å²) in [6.07, 6.45) is 0.964. The van der Waals surface area contributed by atoms with Gasteiger partial charge >= 0.3 is 0 Å². The number of carbonyl (C=O) groups is 1. The fourth-order valence-electron chi connectivity index (χ4n) is 2.21. The SMILES string of the molecule is CCc1ccc(NC(=O)CSc2nn(-c3ccc(F)cc3)c(=S)s2)cc1. The molecule has 0 aliphatic rings. The first-order valence-electron chi connectivity index (χ1n) is 7.93. The van der Waals surface area contributed by atoms with Gasteiger partial charge in [-0.15, -0.1) is 5.10 Å². The van der Waals surface area contributed by atoms with E-state index in [0.717, 1.165) is 12.1 Å². The molecular formula is C18H16FN3OS3.